The molecule has 0 atom stereocenters. The van der Waals surface area contributed by atoms with E-state index in [1.54, 1.807) is 56.3 Å². The fourth-order valence-corrected chi connectivity index (χ4v) is 6.70. The van der Waals surface area contributed by atoms with Gasteiger partial charge in [0, 0.05) is 29.5 Å². The van der Waals surface area contributed by atoms with E-state index < -0.39 is 53.8 Å². The Hall–Kier alpha value is -5.30. The molecular formula is C36H33CoN9NaO10S2. The number of rotatable bonds is 12. The number of azo groups is 2. The number of sulfonamides is 2. The molecule has 0 spiro atoms. The quantitative estimate of drug-likeness (QED) is 0.0231. The monoisotopic (exact) mass is 897 g/mol. The first kappa shape index (κ1) is 49.8. The van der Waals surface area contributed by atoms with Crippen LogP contribution in [0.25, 0.3) is 10.8 Å². The SMILES string of the molecule is CC([O-])=C(N=Nc1cc(S(=O)(=O)NC(C)C)ccc1[O-])C([O-])=Nc1ccccc1.CNS(=O)(=O)c1ccc2c(N=Nc3ccc([N+](=O)[O-])cc3[O-])c(N)ccc2c1.[Co+3].[Na+]. The van der Waals surface area contributed by atoms with Crippen LogP contribution in [0.1, 0.15) is 20.8 Å². The number of benzene rings is 5. The van der Waals surface area contributed by atoms with Crippen molar-refractivity contribution < 1.29 is 88.5 Å². The number of allylic oxidation sites excluding steroid dienone is 1. The Morgan fingerprint density at radius 3 is 2.02 bits per heavy atom. The molecule has 0 aliphatic rings. The molecule has 0 amide bonds. The van der Waals surface area contributed by atoms with Crippen LogP contribution < -0.4 is 65.2 Å². The summed E-state index contributed by atoms with van der Waals surface area (Å²) in [5.74, 6) is -2.90. The minimum absolute atomic E-state index is 0. The van der Waals surface area contributed by atoms with Crippen molar-refractivity contribution >= 4 is 70.8 Å². The van der Waals surface area contributed by atoms with E-state index in [1.165, 1.54) is 31.3 Å². The van der Waals surface area contributed by atoms with E-state index in [-0.39, 0.29) is 90.6 Å². The van der Waals surface area contributed by atoms with E-state index in [4.69, 9.17) is 5.73 Å². The molecule has 0 heterocycles. The number of nitro benzene ring substituents is 1. The number of hydrogen-bond acceptors (Lipinski definition) is 16. The smallest absolute Gasteiger partial charge is 0.874 e. The van der Waals surface area contributed by atoms with Crippen molar-refractivity contribution in [2.45, 2.75) is 36.6 Å². The third-order valence-corrected chi connectivity index (χ3v) is 10.5. The van der Waals surface area contributed by atoms with Gasteiger partial charge in [0.05, 0.1) is 43.2 Å². The van der Waals surface area contributed by atoms with Crippen LogP contribution in [-0.4, -0.2) is 40.7 Å². The molecule has 0 fully saturated rings. The first-order valence-electron chi connectivity index (χ1n) is 16.4. The first-order chi connectivity index (χ1) is 26.8. The van der Waals surface area contributed by atoms with Crippen LogP contribution >= 0.6 is 0 Å². The summed E-state index contributed by atoms with van der Waals surface area (Å²) in [6, 6.07) is 21.8. The number of hydrogen-bond donors (Lipinski definition) is 3. The summed E-state index contributed by atoms with van der Waals surface area (Å²) in [5, 5.41) is 74.8. The van der Waals surface area contributed by atoms with Gasteiger partial charge in [-0.25, -0.2) is 26.3 Å². The van der Waals surface area contributed by atoms with Gasteiger partial charge in [-0.3, -0.25) is 15.1 Å². The zero-order valence-corrected chi connectivity index (χ0v) is 36.5. The second-order valence-corrected chi connectivity index (χ2v) is 15.6. The Morgan fingerprint density at radius 1 is 0.780 bits per heavy atom. The Labute approximate surface area is 371 Å². The summed E-state index contributed by atoms with van der Waals surface area (Å²) >= 11 is 0. The molecular weight excluding hydrogens is 865 g/mol. The molecule has 59 heavy (non-hydrogen) atoms. The number of non-ortho nitro benzene ring substituents is 1. The predicted molar refractivity (Wildman–Crippen MR) is 203 cm³/mol. The van der Waals surface area contributed by atoms with Crippen LogP contribution in [0, 0.1) is 10.1 Å². The van der Waals surface area contributed by atoms with Gasteiger partial charge >= 0.3 is 46.3 Å². The van der Waals surface area contributed by atoms with Crippen LogP contribution in [-0.2, 0) is 36.8 Å². The molecule has 4 N–H and O–H groups in total. The van der Waals surface area contributed by atoms with Gasteiger partial charge < -0.3 is 26.2 Å². The largest absolute Gasteiger partial charge is 3.00 e. The van der Waals surface area contributed by atoms with Crippen molar-refractivity contribution in [1.82, 2.24) is 9.44 Å². The van der Waals surface area contributed by atoms with Crippen LogP contribution in [0.4, 0.5) is 34.1 Å². The number of nitrogens with zero attached hydrogens (tertiary/aromatic N) is 6. The Bertz CT molecular complexity index is 2660. The summed E-state index contributed by atoms with van der Waals surface area (Å²) in [7, 11) is -6.16. The zero-order chi connectivity index (χ0) is 42.1. The number of nitrogen functional groups attached to an aromatic ring is 1. The number of para-hydroxylation sites is 1. The van der Waals surface area contributed by atoms with Crippen LogP contribution in [0.3, 0.4) is 0 Å². The molecule has 19 nitrogen and oxygen atoms in total. The first-order valence-corrected chi connectivity index (χ1v) is 19.4. The maximum absolute atomic E-state index is 12.3. The topological polar surface area (TPSA) is 316 Å². The van der Waals surface area contributed by atoms with E-state index in [2.05, 4.69) is 34.9 Å². The summed E-state index contributed by atoms with van der Waals surface area (Å²) in [5.41, 5.74) is 5.46. The minimum Gasteiger partial charge on any atom is -0.874 e. The summed E-state index contributed by atoms with van der Waals surface area (Å²) in [6.07, 6.45) is 0. The van der Waals surface area contributed by atoms with Crippen molar-refractivity contribution in [1.29, 1.82) is 0 Å². The van der Waals surface area contributed by atoms with Gasteiger partial charge in [0.1, 0.15) is 5.69 Å². The standard InChI is InChI=1S/C19H22N4O5S.C17H15N5O5S.Co.Na/c1-12(2)23-29(27,28)15-9-10-17(25)16(11-15)21-22-18(13(3)24)19(26)20-14-7-5-4-6-8-14;1-19-28(26,27)12-4-5-13-10(8-12)2-6-14(18)17(13)21-20-15-7-3-11(22(24)25)9-16(15)23;;/h4-12,23-25H,1-3H3,(H,20,26);2-9,19,23H,18H2,1H3;;/q;;+3;+1/p-4. The zero-order valence-electron chi connectivity index (χ0n) is 31.8. The van der Waals surface area contributed by atoms with E-state index in [0.717, 1.165) is 37.3 Å². The molecule has 23 heteroatoms. The van der Waals surface area contributed by atoms with E-state index in [9.17, 15) is 47.4 Å². The average Bonchev–Trinajstić information content (AvgIpc) is 3.15. The van der Waals surface area contributed by atoms with Gasteiger partial charge in [-0.05, 0) is 74.8 Å². The van der Waals surface area contributed by atoms with Gasteiger partial charge in [0.15, 0.2) is 0 Å². The third kappa shape index (κ3) is 13.4. The number of aliphatic imine (C=N–C) groups is 1. The Balaban J connectivity index is 0.000000394. The fraction of sp³-hybridized carbons (Fsp3) is 0.139. The van der Waals surface area contributed by atoms with Crippen LogP contribution in [0.2, 0.25) is 0 Å². The molecule has 5 aromatic carbocycles. The van der Waals surface area contributed by atoms with Crippen molar-refractivity contribution in [3.63, 3.8) is 0 Å². The Kier molecular flexibility index (Phi) is 18.3. The van der Waals surface area contributed by atoms with Gasteiger partial charge in [0.25, 0.3) is 5.69 Å². The third-order valence-electron chi connectivity index (χ3n) is 7.40. The molecule has 0 saturated carbocycles. The fourth-order valence-electron chi connectivity index (χ4n) is 4.67. The molecule has 0 aliphatic carbocycles. The van der Waals surface area contributed by atoms with Gasteiger partial charge in [0.2, 0.25) is 20.0 Å². The number of nitrogens with one attached hydrogen (secondary N) is 2. The number of fused-ring (bicyclic) bond motifs is 1. The number of nitro groups is 1. The summed E-state index contributed by atoms with van der Waals surface area (Å²) < 4.78 is 53.0. The van der Waals surface area contributed by atoms with Gasteiger partial charge in [-0.1, -0.05) is 54.8 Å². The van der Waals surface area contributed by atoms with E-state index >= 15 is 0 Å². The molecule has 0 aliphatic heterocycles. The molecule has 5 rings (SSSR count). The maximum Gasteiger partial charge on any atom is 3.00 e. The maximum atomic E-state index is 12.3. The van der Waals surface area contributed by atoms with Crippen molar-refractivity contribution in [2.24, 2.45) is 25.4 Å². The molecule has 0 radical (unpaired) electrons. The van der Waals surface area contributed by atoms with Crippen LogP contribution in [0.15, 0.2) is 144 Å². The van der Waals surface area contributed by atoms with Crippen LogP contribution in [0.5, 0.6) is 11.5 Å². The molecule has 0 unspecified atom stereocenters. The molecule has 304 valence electrons. The molecule has 0 saturated heterocycles. The molecule has 0 bridgehead atoms. The van der Waals surface area contributed by atoms with Crippen molar-refractivity contribution in [3.05, 3.63) is 119 Å². The van der Waals surface area contributed by atoms with Crippen molar-refractivity contribution in [3.8, 4) is 11.5 Å². The van der Waals surface area contributed by atoms with Crippen molar-refractivity contribution in [2.75, 3.05) is 12.8 Å². The second kappa shape index (κ2) is 21.6. The second-order valence-electron chi connectivity index (χ2n) is 12.0. The van der Waals surface area contributed by atoms with E-state index in [1.807, 2.05) is 0 Å². The molecule has 5 aromatic rings. The number of anilines is 1. The normalized spacial score (nSPS) is 12.4. The van der Waals surface area contributed by atoms with E-state index in [0.29, 0.717) is 16.5 Å². The summed E-state index contributed by atoms with van der Waals surface area (Å²) in [4.78, 5) is 13.7. The van der Waals surface area contributed by atoms with Gasteiger partial charge in [-0.15, -0.1) is 10.9 Å². The molecule has 0 aromatic heterocycles. The Morgan fingerprint density at radius 2 is 1.42 bits per heavy atom. The van der Waals surface area contributed by atoms with Gasteiger partial charge in [-0.2, -0.15) is 15.3 Å². The predicted octanol–water partition coefficient (Wildman–Crippen LogP) is 0.942. The summed E-state index contributed by atoms with van der Waals surface area (Å²) in [6.45, 7) is 4.41. The number of nitrogens with two attached hydrogens (primary N) is 1. The average molecular weight is 898 g/mol. The minimum atomic E-state index is -3.86.